The van der Waals surface area contributed by atoms with Crippen molar-refractivity contribution >= 4 is 32.7 Å². The van der Waals surface area contributed by atoms with Crippen molar-refractivity contribution in [1.29, 1.82) is 0 Å². The fraction of sp³-hybridized carbons (Fsp3) is 0.455. The predicted molar refractivity (Wildman–Crippen MR) is 73.1 cm³/mol. The van der Waals surface area contributed by atoms with Gasteiger partial charge in [-0.15, -0.1) is 0 Å². The van der Waals surface area contributed by atoms with Crippen LogP contribution in [-0.4, -0.2) is 61.2 Å². The zero-order valence-electron chi connectivity index (χ0n) is 10.8. The number of likely N-dealkylation sites (N-methyl/N-ethyl adjacent to an activating group) is 1. The lowest BCUT2D eigenvalue weighted by Crippen LogP contribution is -2.47. The van der Waals surface area contributed by atoms with E-state index in [0.717, 1.165) is 0 Å². The molecule has 1 aliphatic rings. The summed E-state index contributed by atoms with van der Waals surface area (Å²) in [6.45, 7) is 2.31. The first-order valence-electron chi connectivity index (χ1n) is 6.09. The summed E-state index contributed by atoms with van der Waals surface area (Å²) < 4.78 is 31.4. The maximum atomic E-state index is 12.7. The van der Waals surface area contributed by atoms with Gasteiger partial charge in [0.05, 0.1) is 5.02 Å². The van der Waals surface area contributed by atoms with Gasteiger partial charge in [-0.25, -0.2) is 13.0 Å². The van der Waals surface area contributed by atoms with Gasteiger partial charge in [0.2, 0.25) is 10.0 Å². The fourth-order valence-corrected chi connectivity index (χ4v) is 3.92. The Morgan fingerprint density at radius 3 is 2.50 bits per heavy atom. The van der Waals surface area contributed by atoms with Crippen molar-refractivity contribution in [2.75, 3.05) is 33.2 Å². The SMILES string of the molecule is CN1CCN(S(=O)(=O)c2ccc(Cl)c3nonc23)CC1. The molecule has 2 aromatic rings. The van der Waals surface area contributed by atoms with Crippen molar-refractivity contribution in [2.45, 2.75) is 4.90 Å². The van der Waals surface area contributed by atoms with E-state index in [9.17, 15) is 8.42 Å². The summed E-state index contributed by atoms with van der Waals surface area (Å²) in [5.41, 5.74) is 0.443. The van der Waals surface area contributed by atoms with Gasteiger partial charge >= 0.3 is 0 Å². The lowest BCUT2D eigenvalue weighted by molar-refractivity contribution is 0.222. The Morgan fingerprint density at radius 1 is 1.15 bits per heavy atom. The Bertz CT molecular complexity index is 737. The Labute approximate surface area is 121 Å². The molecule has 1 fully saturated rings. The highest BCUT2D eigenvalue weighted by molar-refractivity contribution is 7.89. The first kappa shape index (κ1) is 13.7. The molecule has 108 valence electrons. The zero-order valence-corrected chi connectivity index (χ0v) is 12.4. The predicted octanol–water partition coefficient (Wildman–Crippen LogP) is 0.812. The molecule has 0 saturated carbocycles. The first-order chi connectivity index (χ1) is 9.50. The van der Waals surface area contributed by atoms with Crippen LogP contribution in [0.3, 0.4) is 0 Å². The Morgan fingerprint density at radius 2 is 1.80 bits per heavy atom. The molecule has 1 aliphatic heterocycles. The van der Waals surface area contributed by atoms with E-state index >= 15 is 0 Å². The van der Waals surface area contributed by atoms with Crippen LogP contribution < -0.4 is 0 Å². The second kappa shape index (κ2) is 4.96. The summed E-state index contributed by atoms with van der Waals surface area (Å²) in [5, 5.41) is 7.63. The summed E-state index contributed by atoms with van der Waals surface area (Å²) in [7, 11) is -1.65. The molecule has 1 aromatic heterocycles. The van der Waals surface area contributed by atoms with Gasteiger partial charge in [0.15, 0.2) is 11.0 Å². The van der Waals surface area contributed by atoms with Gasteiger partial charge in [-0.2, -0.15) is 4.31 Å². The van der Waals surface area contributed by atoms with Crippen LogP contribution in [0.4, 0.5) is 0 Å². The summed E-state index contributed by atoms with van der Waals surface area (Å²) in [6.07, 6.45) is 0. The second-order valence-electron chi connectivity index (χ2n) is 4.71. The molecule has 2 heterocycles. The van der Waals surface area contributed by atoms with E-state index in [4.69, 9.17) is 11.6 Å². The van der Waals surface area contributed by atoms with E-state index in [0.29, 0.717) is 31.2 Å². The van der Waals surface area contributed by atoms with Gasteiger partial charge in [-0.1, -0.05) is 11.6 Å². The monoisotopic (exact) mass is 316 g/mol. The number of piperazine rings is 1. The highest BCUT2D eigenvalue weighted by Crippen LogP contribution is 2.28. The van der Waals surface area contributed by atoms with Gasteiger partial charge in [0.25, 0.3) is 0 Å². The summed E-state index contributed by atoms with van der Waals surface area (Å²) in [6, 6.07) is 2.94. The number of nitrogens with zero attached hydrogens (tertiary/aromatic N) is 4. The maximum absolute atomic E-state index is 12.7. The summed E-state index contributed by atoms with van der Waals surface area (Å²) in [5.74, 6) is 0. The number of benzene rings is 1. The third-order valence-corrected chi connectivity index (χ3v) is 5.64. The molecule has 1 saturated heterocycles. The average Bonchev–Trinajstić information content (AvgIpc) is 2.89. The molecule has 0 aliphatic carbocycles. The molecule has 0 atom stereocenters. The molecular weight excluding hydrogens is 304 g/mol. The van der Waals surface area contributed by atoms with Gasteiger partial charge in [0, 0.05) is 26.2 Å². The van der Waals surface area contributed by atoms with E-state index in [1.807, 2.05) is 7.05 Å². The van der Waals surface area contributed by atoms with Crippen LogP contribution in [0.5, 0.6) is 0 Å². The molecule has 0 N–H and O–H groups in total. The van der Waals surface area contributed by atoms with Gasteiger partial charge in [-0.05, 0) is 29.5 Å². The molecule has 20 heavy (non-hydrogen) atoms. The lowest BCUT2D eigenvalue weighted by Gasteiger charge is -2.31. The van der Waals surface area contributed by atoms with Gasteiger partial charge in [0.1, 0.15) is 4.90 Å². The third-order valence-electron chi connectivity index (χ3n) is 3.41. The van der Waals surface area contributed by atoms with Crippen LogP contribution in [0, 0.1) is 0 Å². The minimum absolute atomic E-state index is 0.0858. The standard InChI is InChI=1S/C11H13ClN4O3S/c1-15-4-6-16(7-5-15)20(17,18)9-3-2-8(12)10-11(9)14-19-13-10/h2-3H,4-7H2,1H3. The first-order valence-corrected chi connectivity index (χ1v) is 7.91. The van der Waals surface area contributed by atoms with E-state index in [1.54, 1.807) is 0 Å². The molecule has 0 bridgehead atoms. The highest BCUT2D eigenvalue weighted by Gasteiger charge is 2.30. The van der Waals surface area contributed by atoms with E-state index < -0.39 is 10.0 Å². The molecule has 0 unspecified atom stereocenters. The van der Waals surface area contributed by atoms with E-state index in [-0.39, 0.29) is 15.9 Å². The minimum Gasteiger partial charge on any atom is -0.304 e. The molecular formula is C11H13ClN4O3S. The Kier molecular flexibility index (Phi) is 3.41. The number of fused-ring (bicyclic) bond motifs is 1. The normalized spacial score (nSPS) is 18.7. The molecule has 1 aromatic carbocycles. The van der Waals surface area contributed by atoms with E-state index in [1.165, 1.54) is 16.4 Å². The van der Waals surface area contributed by atoms with Crippen molar-refractivity contribution < 1.29 is 13.0 Å². The van der Waals surface area contributed by atoms with Crippen LogP contribution in [0.1, 0.15) is 0 Å². The van der Waals surface area contributed by atoms with Crippen molar-refractivity contribution in [2.24, 2.45) is 0 Å². The fourth-order valence-electron chi connectivity index (χ4n) is 2.19. The molecule has 9 heteroatoms. The minimum atomic E-state index is -3.61. The van der Waals surface area contributed by atoms with Crippen LogP contribution in [0.15, 0.2) is 21.7 Å². The molecule has 0 amide bonds. The van der Waals surface area contributed by atoms with Crippen LogP contribution in [0.25, 0.3) is 11.0 Å². The number of halogens is 1. The zero-order chi connectivity index (χ0) is 14.3. The smallest absolute Gasteiger partial charge is 0.245 e. The summed E-state index contributed by atoms with van der Waals surface area (Å²) >= 11 is 5.95. The second-order valence-corrected chi connectivity index (χ2v) is 7.03. The summed E-state index contributed by atoms with van der Waals surface area (Å²) in [4.78, 5) is 2.17. The quantitative estimate of drug-likeness (QED) is 0.816. The number of aromatic nitrogens is 2. The molecule has 0 spiro atoms. The van der Waals surface area contributed by atoms with Gasteiger partial charge < -0.3 is 4.90 Å². The van der Waals surface area contributed by atoms with Gasteiger partial charge in [-0.3, -0.25) is 0 Å². The third kappa shape index (κ3) is 2.18. The van der Waals surface area contributed by atoms with Crippen molar-refractivity contribution in [1.82, 2.24) is 19.5 Å². The maximum Gasteiger partial charge on any atom is 0.245 e. The van der Waals surface area contributed by atoms with Crippen LogP contribution in [0.2, 0.25) is 5.02 Å². The van der Waals surface area contributed by atoms with Crippen molar-refractivity contribution in [3.8, 4) is 0 Å². The van der Waals surface area contributed by atoms with Crippen molar-refractivity contribution in [3.63, 3.8) is 0 Å². The number of hydrogen-bond donors (Lipinski definition) is 0. The van der Waals surface area contributed by atoms with E-state index in [2.05, 4.69) is 19.8 Å². The lowest BCUT2D eigenvalue weighted by atomic mass is 10.3. The number of sulfonamides is 1. The van der Waals surface area contributed by atoms with Crippen molar-refractivity contribution in [3.05, 3.63) is 17.2 Å². The number of hydrogen-bond acceptors (Lipinski definition) is 6. The topological polar surface area (TPSA) is 79.5 Å². The largest absolute Gasteiger partial charge is 0.304 e. The highest BCUT2D eigenvalue weighted by atomic mass is 35.5. The van der Waals surface area contributed by atoms with Crippen LogP contribution >= 0.6 is 11.6 Å². The molecule has 7 nitrogen and oxygen atoms in total. The average molecular weight is 317 g/mol. The molecule has 0 radical (unpaired) electrons. The Hall–Kier alpha value is -1.22. The Balaban J connectivity index is 2.06. The molecule has 3 rings (SSSR count). The van der Waals surface area contributed by atoms with Crippen LogP contribution in [-0.2, 0) is 10.0 Å². The number of rotatable bonds is 2.